The quantitative estimate of drug-likeness (QED) is 0.252. The summed E-state index contributed by atoms with van der Waals surface area (Å²) >= 11 is 0. The van der Waals surface area contributed by atoms with E-state index < -0.39 is 29.1 Å². The van der Waals surface area contributed by atoms with Crippen molar-refractivity contribution in [3.05, 3.63) is 136 Å². The Balaban J connectivity index is 1.55. The summed E-state index contributed by atoms with van der Waals surface area (Å²) in [5, 5.41) is 0.270. The zero-order chi connectivity index (χ0) is 26.4. The molecular formula is C30H18F3NO4. The minimum atomic E-state index is -4.62. The van der Waals surface area contributed by atoms with Crippen molar-refractivity contribution in [2.45, 2.75) is 12.2 Å². The molecule has 0 N–H and O–H groups in total. The average molecular weight is 513 g/mol. The van der Waals surface area contributed by atoms with Gasteiger partial charge >= 0.3 is 6.18 Å². The van der Waals surface area contributed by atoms with Crippen LogP contribution in [0.4, 0.5) is 18.9 Å². The maximum Gasteiger partial charge on any atom is 0.416 e. The summed E-state index contributed by atoms with van der Waals surface area (Å²) in [5.41, 5.74) is -0.602. The van der Waals surface area contributed by atoms with Gasteiger partial charge in [-0.05, 0) is 60.2 Å². The highest BCUT2D eigenvalue weighted by molar-refractivity contribution is 6.10. The summed E-state index contributed by atoms with van der Waals surface area (Å²) in [4.78, 5) is 28.5. The first-order chi connectivity index (χ1) is 18.3. The lowest BCUT2D eigenvalue weighted by molar-refractivity contribution is -0.137. The van der Waals surface area contributed by atoms with E-state index in [1.54, 1.807) is 60.7 Å². The van der Waals surface area contributed by atoms with Crippen LogP contribution in [0.15, 0.2) is 112 Å². The molecule has 2 heterocycles. The summed E-state index contributed by atoms with van der Waals surface area (Å²) in [5.74, 6) is 0.101. The highest BCUT2D eigenvalue weighted by atomic mass is 19.4. The highest BCUT2D eigenvalue weighted by Crippen LogP contribution is 2.43. The molecular weight excluding hydrogens is 495 g/mol. The van der Waals surface area contributed by atoms with E-state index >= 15 is 0 Å². The second kappa shape index (κ2) is 8.92. The number of amides is 1. The molecule has 1 aliphatic heterocycles. The standard InChI is InChI=1S/C30H18F3NO4/c31-30(32,33)19-9-7-10-20(17-19)34-26(18-8-6-13-22(16-18)37-21-11-2-1-3-12-21)25-27(35)23-14-4-5-15-24(23)38-28(25)29(34)36/h1-17,26H. The fourth-order valence-corrected chi connectivity index (χ4v) is 4.71. The van der Waals surface area contributed by atoms with Crippen molar-refractivity contribution in [1.82, 2.24) is 0 Å². The Morgan fingerprint density at radius 1 is 0.763 bits per heavy atom. The normalized spacial score (nSPS) is 15.1. The Kier molecular flexibility index (Phi) is 5.52. The predicted molar refractivity (Wildman–Crippen MR) is 136 cm³/mol. The molecule has 188 valence electrons. The summed E-state index contributed by atoms with van der Waals surface area (Å²) < 4.78 is 52.5. The molecule has 1 atom stereocenters. The van der Waals surface area contributed by atoms with Crippen LogP contribution in [0.3, 0.4) is 0 Å². The lowest BCUT2D eigenvalue weighted by atomic mass is 9.98. The smallest absolute Gasteiger partial charge is 0.416 e. The monoisotopic (exact) mass is 513 g/mol. The van der Waals surface area contributed by atoms with E-state index in [1.807, 2.05) is 18.2 Å². The van der Waals surface area contributed by atoms with Gasteiger partial charge in [-0.3, -0.25) is 14.5 Å². The van der Waals surface area contributed by atoms with Gasteiger partial charge in [-0.15, -0.1) is 0 Å². The first-order valence-electron chi connectivity index (χ1n) is 11.7. The van der Waals surface area contributed by atoms with E-state index in [1.165, 1.54) is 17.0 Å². The largest absolute Gasteiger partial charge is 0.457 e. The van der Waals surface area contributed by atoms with Crippen LogP contribution in [0.2, 0.25) is 0 Å². The molecule has 0 radical (unpaired) electrons. The van der Waals surface area contributed by atoms with Gasteiger partial charge in [-0.2, -0.15) is 13.2 Å². The fraction of sp³-hybridized carbons (Fsp3) is 0.0667. The van der Waals surface area contributed by atoms with Crippen LogP contribution in [0.5, 0.6) is 11.5 Å². The van der Waals surface area contributed by atoms with Crippen molar-refractivity contribution in [2.24, 2.45) is 0 Å². The van der Waals surface area contributed by atoms with Gasteiger partial charge in [0.25, 0.3) is 5.91 Å². The molecule has 5 aromatic rings. The Labute approximate surface area is 214 Å². The van der Waals surface area contributed by atoms with Gasteiger partial charge in [0, 0.05) is 5.69 Å². The molecule has 8 heteroatoms. The lowest BCUT2D eigenvalue weighted by Crippen LogP contribution is -2.29. The van der Waals surface area contributed by atoms with Crippen LogP contribution in [0, 0.1) is 0 Å². The molecule has 6 rings (SSSR count). The SMILES string of the molecule is O=C1c2oc3ccccc3c(=O)c2C(c2cccc(Oc3ccccc3)c2)N1c1cccc(C(F)(F)F)c1. The topological polar surface area (TPSA) is 59.8 Å². The number of hydrogen-bond donors (Lipinski definition) is 0. The van der Waals surface area contributed by atoms with Crippen LogP contribution < -0.4 is 15.1 Å². The Hall–Kier alpha value is -4.85. The second-order valence-corrected chi connectivity index (χ2v) is 8.78. The molecule has 1 amide bonds. The van der Waals surface area contributed by atoms with E-state index in [9.17, 15) is 22.8 Å². The van der Waals surface area contributed by atoms with Crippen LogP contribution >= 0.6 is 0 Å². The zero-order valence-corrected chi connectivity index (χ0v) is 19.6. The molecule has 5 nitrogen and oxygen atoms in total. The maximum atomic E-state index is 13.7. The number of halogens is 3. The number of hydrogen-bond acceptors (Lipinski definition) is 4. The predicted octanol–water partition coefficient (Wildman–Crippen LogP) is 7.35. The number of benzene rings is 4. The molecule has 0 fully saturated rings. The Morgan fingerprint density at radius 3 is 2.26 bits per heavy atom. The number of anilines is 1. The maximum absolute atomic E-state index is 13.7. The summed E-state index contributed by atoms with van der Waals surface area (Å²) in [6.45, 7) is 0. The third kappa shape index (κ3) is 4.00. The molecule has 0 aliphatic carbocycles. The molecule has 0 saturated carbocycles. The van der Waals surface area contributed by atoms with Crippen molar-refractivity contribution in [3.8, 4) is 11.5 Å². The van der Waals surface area contributed by atoms with Crippen molar-refractivity contribution < 1.29 is 27.1 Å². The van der Waals surface area contributed by atoms with Gasteiger partial charge in [0.2, 0.25) is 5.76 Å². The number of rotatable bonds is 4. The molecule has 1 aromatic heterocycles. The second-order valence-electron chi connectivity index (χ2n) is 8.78. The van der Waals surface area contributed by atoms with E-state index in [4.69, 9.17) is 9.15 Å². The van der Waals surface area contributed by atoms with Gasteiger partial charge < -0.3 is 9.15 Å². The highest BCUT2D eigenvalue weighted by Gasteiger charge is 2.44. The number of nitrogens with zero attached hydrogens (tertiary/aromatic N) is 1. The zero-order valence-electron chi connectivity index (χ0n) is 19.6. The van der Waals surface area contributed by atoms with Crippen molar-refractivity contribution in [2.75, 3.05) is 4.90 Å². The Bertz CT molecular complexity index is 1740. The molecule has 0 bridgehead atoms. The number of fused-ring (bicyclic) bond motifs is 2. The first kappa shape index (κ1) is 23.5. The van der Waals surface area contributed by atoms with Crippen molar-refractivity contribution in [1.29, 1.82) is 0 Å². The molecule has 1 aliphatic rings. The Morgan fingerprint density at radius 2 is 1.47 bits per heavy atom. The van der Waals surface area contributed by atoms with E-state index in [2.05, 4.69) is 0 Å². The summed E-state index contributed by atoms with van der Waals surface area (Å²) in [7, 11) is 0. The van der Waals surface area contributed by atoms with Crippen LogP contribution in [0.25, 0.3) is 11.0 Å². The number of para-hydroxylation sites is 2. The molecule has 0 spiro atoms. The number of alkyl halides is 3. The van der Waals surface area contributed by atoms with E-state index in [-0.39, 0.29) is 28.0 Å². The number of carbonyl (C=O) groups is 1. The van der Waals surface area contributed by atoms with Gasteiger partial charge in [-0.1, -0.05) is 48.5 Å². The first-order valence-corrected chi connectivity index (χ1v) is 11.7. The molecule has 4 aromatic carbocycles. The van der Waals surface area contributed by atoms with E-state index in [0.717, 1.165) is 12.1 Å². The fourth-order valence-electron chi connectivity index (χ4n) is 4.71. The van der Waals surface area contributed by atoms with Gasteiger partial charge in [0.05, 0.1) is 22.6 Å². The van der Waals surface area contributed by atoms with Gasteiger partial charge in [0.15, 0.2) is 5.43 Å². The van der Waals surface area contributed by atoms with Crippen molar-refractivity contribution >= 4 is 22.6 Å². The molecule has 38 heavy (non-hydrogen) atoms. The van der Waals surface area contributed by atoms with Gasteiger partial charge in [0.1, 0.15) is 17.1 Å². The minimum absolute atomic E-state index is 0.0148. The van der Waals surface area contributed by atoms with E-state index in [0.29, 0.717) is 17.1 Å². The number of ether oxygens (including phenoxy) is 1. The third-order valence-corrected chi connectivity index (χ3v) is 6.38. The molecule has 1 unspecified atom stereocenters. The van der Waals surface area contributed by atoms with Crippen molar-refractivity contribution in [3.63, 3.8) is 0 Å². The van der Waals surface area contributed by atoms with Crippen LogP contribution in [-0.4, -0.2) is 5.91 Å². The summed E-state index contributed by atoms with van der Waals surface area (Å²) in [6, 6.07) is 25.7. The minimum Gasteiger partial charge on any atom is -0.457 e. The number of carbonyl (C=O) groups excluding carboxylic acids is 1. The average Bonchev–Trinajstić information content (AvgIpc) is 3.21. The summed E-state index contributed by atoms with van der Waals surface area (Å²) in [6.07, 6.45) is -4.62. The van der Waals surface area contributed by atoms with Gasteiger partial charge in [-0.25, -0.2) is 0 Å². The molecule has 0 saturated heterocycles. The lowest BCUT2D eigenvalue weighted by Gasteiger charge is -2.26. The van der Waals surface area contributed by atoms with Crippen LogP contribution in [-0.2, 0) is 6.18 Å². The third-order valence-electron chi connectivity index (χ3n) is 6.38. The van der Waals surface area contributed by atoms with Crippen LogP contribution in [0.1, 0.15) is 33.3 Å².